The van der Waals surface area contributed by atoms with Gasteiger partial charge in [-0.3, -0.25) is 0 Å². The summed E-state index contributed by atoms with van der Waals surface area (Å²) in [4.78, 5) is 14.5. The SMILES string of the molecule is Cc1cc(C)c(OCc2nc(C(=O)O)co2)c(C)c1. The minimum absolute atomic E-state index is 0.109. The summed E-state index contributed by atoms with van der Waals surface area (Å²) in [5.74, 6) is -0.0878. The van der Waals surface area contributed by atoms with Crippen molar-refractivity contribution in [2.75, 3.05) is 0 Å². The van der Waals surface area contributed by atoms with Crippen molar-refractivity contribution in [3.8, 4) is 5.75 Å². The molecule has 0 atom stereocenters. The maximum absolute atomic E-state index is 10.7. The van der Waals surface area contributed by atoms with E-state index < -0.39 is 5.97 Å². The number of aromatic nitrogens is 1. The van der Waals surface area contributed by atoms with Crippen LogP contribution in [0.2, 0.25) is 0 Å². The third kappa shape index (κ3) is 2.93. The molecule has 0 bridgehead atoms. The summed E-state index contributed by atoms with van der Waals surface area (Å²) in [6, 6.07) is 4.06. The van der Waals surface area contributed by atoms with Crippen molar-refractivity contribution in [3.05, 3.63) is 46.7 Å². The summed E-state index contributed by atoms with van der Waals surface area (Å²) in [7, 11) is 0. The molecule has 1 aromatic heterocycles. The van der Waals surface area contributed by atoms with Crippen LogP contribution in [0, 0.1) is 20.8 Å². The highest BCUT2D eigenvalue weighted by Crippen LogP contribution is 2.25. The van der Waals surface area contributed by atoms with E-state index in [1.54, 1.807) is 0 Å². The molecule has 0 unspecified atom stereocenters. The summed E-state index contributed by atoms with van der Waals surface area (Å²) in [6.45, 7) is 6.07. The van der Waals surface area contributed by atoms with Crippen LogP contribution in [0.3, 0.4) is 0 Å². The lowest BCUT2D eigenvalue weighted by atomic mass is 10.1. The van der Waals surface area contributed by atoms with Gasteiger partial charge in [0.1, 0.15) is 12.0 Å². The summed E-state index contributed by atoms with van der Waals surface area (Å²) >= 11 is 0. The normalized spacial score (nSPS) is 10.5. The van der Waals surface area contributed by atoms with E-state index in [4.69, 9.17) is 14.3 Å². The van der Waals surface area contributed by atoms with Crippen LogP contribution in [-0.2, 0) is 6.61 Å². The molecule has 100 valence electrons. The number of rotatable bonds is 4. The Morgan fingerprint density at radius 1 is 1.32 bits per heavy atom. The molecular weight excluding hydrogens is 246 g/mol. The predicted octanol–water partition coefficient (Wildman–Crippen LogP) is 2.88. The molecule has 0 amide bonds. The molecule has 0 saturated carbocycles. The topological polar surface area (TPSA) is 72.6 Å². The van der Waals surface area contributed by atoms with Crippen LogP contribution in [0.25, 0.3) is 0 Å². The average Bonchev–Trinajstić information content (AvgIpc) is 2.76. The zero-order valence-corrected chi connectivity index (χ0v) is 11.1. The van der Waals surface area contributed by atoms with Gasteiger partial charge < -0.3 is 14.3 Å². The van der Waals surface area contributed by atoms with Crippen molar-refractivity contribution in [2.45, 2.75) is 27.4 Å². The molecule has 1 heterocycles. The van der Waals surface area contributed by atoms with Crippen LogP contribution in [0.5, 0.6) is 5.75 Å². The summed E-state index contributed by atoms with van der Waals surface area (Å²) < 4.78 is 10.7. The van der Waals surface area contributed by atoms with Gasteiger partial charge in [-0.25, -0.2) is 9.78 Å². The second-order valence-corrected chi connectivity index (χ2v) is 4.45. The molecular formula is C14H15NO4. The van der Waals surface area contributed by atoms with E-state index in [9.17, 15) is 4.79 Å². The van der Waals surface area contributed by atoms with Crippen molar-refractivity contribution in [1.29, 1.82) is 0 Å². The minimum atomic E-state index is -1.11. The molecule has 5 nitrogen and oxygen atoms in total. The maximum atomic E-state index is 10.7. The molecule has 2 aromatic rings. The predicted molar refractivity (Wildman–Crippen MR) is 68.4 cm³/mol. The highest BCUT2D eigenvalue weighted by atomic mass is 16.5. The largest absolute Gasteiger partial charge is 0.483 e. The van der Waals surface area contributed by atoms with Gasteiger partial charge in [0.2, 0.25) is 5.89 Å². The van der Waals surface area contributed by atoms with Crippen LogP contribution in [0.1, 0.15) is 33.1 Å². The zero-order valence-electron chi connectivity index (χ0n) is 11.1. The van der Waals surface area contributed by atoms with Gasteiger partial charge in [-0.1, -0.05) is 17.7 Å². The van der Waals surface area contributed by atoms with Crippen molar-refractivity contribution >= 4 is 5.97 Å². The number of hydrogen-bond acceptors (Lipinski definition) is 4. The van der Waals surface area contributed by atoms with E-state index in [0.29, 0.717) is 0 Å². The fourth-order valence-corrected chi connectivity index (χ4v) is 2.00. The van der Waals surface area contributed by atoms with E-state index in [1.807, 2.05) is 32.9 Å². The van der Waals surface area contributed by atoms with Gasteiger partial charge in [0, 0.05) is 0 Å². The summed E-state index contributed by atoms with van der Waals surface area (Å²) in [5, 5.41) is 8.74. The zero-order chi connectivity index (χ0) is 14.0. The van der Waals surface area contributed by atoms with Gasteiger partial charge in [0.25, 0.3) is 0 Å². The van der Waals surface area contributed by atoms with Gasteiger partial charge in [0.15, 0.2) is 12.3 Å². The molecule has 0 aliphatic heterocycles. The number of nitrogens with zero attached hydrogens (tertiary/aromatic N) is 1. The van der Waals surface area contributed by atoms with E-state index in [1.165, 1.54) is 5.56 Å². The molecule has 0 aliphatic rings. The Balaban J connectivity index is 2.12. The Bertz CT molecular complexity index is 593. The first kappa shape index (κ1) is 13.1. The lowest BCUT2D eigenvalue weighted by Crippen LogP contribution is -2.01. The van der Waals surface area contributed by atoms with Crippen LogP contribution in [0.4, 0.5) is 0 Å². The first-order valence-corrected chi connectivity index (χ1v) is 5.85. The number of carboxylic acid groups (broad SMARTS) is 1. The second kappa shape index (κ2) is 5.14. The fourth-order valence-electron chi connectivity index (χ4n) is 2.00. The van der Waals surface area contributed by atoms with Gasteiger partial charge in [-0.05, 0) is 31.9 Å². The fraction of sp³-hybridized carbons (Fsp3) is 0.286. The van der Waals surface area contributed by atoms with Crippen LogP contribution in [0.15, 0.2) is 22.8 Å². The number of benzene rings is 1. The molecule has 0 saturated heterocycles. The Morgan fingerprint density at radius 3 is 2.47 bits per heavy atom. The van der Waals surface area contributed by atoms with Crippen molar-refractivity contribution in [1.82, 2.24) is 4.98 Å². The number of oxazole rings is 1. The number of carbonyl (C=O) groups is 1. The van der Waals surface area contributed by atoms with E-state index in [2.05, 4.69) is 4.98 Å². The molecule has 5 heteroatoms. The first-order valence-electron chi connectivity index (χ1n) is 5.85. The highest BCUT2D eigenvalue weighted by molar-refractivity contribution is 5.84. The lowest BCUT2D eigenvalue weighted by molar-refractivity contribution is 0.0690. The smallest absolute Gasteiger partial charge is 0.357 e. The number of ether oxygens (including phenoxy) is 1. The van der Waals surface area contributed by atoms with Crippen LogP contribution < -0.4 is 4.74 Å². The molecule has 0 radical (unpaired) electrons. The van der Waals surface area contributed by atoms with Gasteiger partial charge in [0.05, 0.1) is 0 Å². The van der Waals surface area contributed by atoms with Crippen LogP contribution >= 0.6 is 0 Å². The Morgan fingerprint density at radius 2 is 1.95 bits per heavy atom. The van der Waals surface area contributed by atoms with Gasteiger partial charge in [-0.2, -0.15) is 0 Å². The van der Waals surface area contributed by atoms with E-state index in [0.717, 1.165) is 23.1 Å². The van der Waals surface area contributed by atoms with E-state index >= 15 is 0 Å². The standard InChI is InChI=1S/C14H15NO4/c1-8-4-9(2)13(10(3)5-8)19-7-12-15-11(6-18-12)14(16)17/h4-6H,7H2,1-3H3,(H,16,17). The number of carboxylic acids is 1. The third-order valence-electron chi connectivity index (χ3n) is 2.72. The Labute approximate surface area is 110 Å². The number of hydrogen-bond donors (Lipinski definition) is 1. The minimum Gasteiger partial charge on any atom is -0.483 e. The quantitative estimate of drug-likeness (QED) is 0.916. The Kier molecular flexibility index (Phi) is 3.55. The average molecular weight is 261 g/mol. The second-order valence-electron chi connectivity index (χ2n) is 4.45. The molecule has 1 N–H and O–H groups in total. The summed E-state index contributed by atoms with van der Waals surface area (Å²) in [5.41, 5.74) is 3.12. The van der Waals surface area contributed by atoms with E-state index in [-0.39, 0.29) is 18.2 Å². The van der Waals surface area contributed by atoms with Crippen LogP contribution in [-0.4, -0.2) is 16.1 Å². The number of aryl methyl sites for hydroxylation is 3. The summed E-state index contributed by atoms with van der Waals surface area (Å²) in [6.07, 6.45) is 1.11. The highest BCUT2D eigenvalue weighted by Gasteiger charge is 2.12. The van der Waals surface area contributed by atoms with Crippen molar-refractivity contribution < 1.29 is 19.1 Å². The van der Waals surface area contributed by atoms with Crippen molar-refractivity contribution in [3.63, 3.8) is 0 Å². The van der Waals surface area contributed by atoms with Crippen molar-refractivity contribution in [2.24, 2.45) is 0 Å². The third-order valence-corrected chi connectivity index (χ3v) is 2.72. The molecule has 2 rings (SSSR count). The van der Waals surface area contributed by atoms with Gasteiger partial charge in [-0.15, -0.1) is 0 Å². The van der Waals surface area contributed by atoms with Gasteiger partial charge >= 0.3 is 5.97 Å². The molecule has 0 fully saturated rings. The lowest BCUT2D eigenvalue weighted by Gasteiger charge is -2.11. The number of aromatic carboxylic acids is 1. The first-order chi connectivity index (χ1) is 8.97. The molecule has 0 aliphatic carbocycles. The maximum Gasteiger partial charge on any atom is 0.357 e. The molecule has 1 aromatic carbocycles. The Hall–Kier alpha value is -2.30. The molecule has 0 spiro atoms. The monoisotopic (exact) mass is 261 g/mol. The molecule has 19 heavy (non-hydrogen) atoms.